The highest BCUT2D eigenvalue weighted by Gasteiger charge is 2.22. The molecule has 1 N–H and O–H groups in total. The van der Waals surface area contributed by atoms with Crippen molar-refractivity contribution in [2.45, 2.75) is 4.90 Å². The summed E-state index contributed by atoms with van der Waals surface area (Å²) in [6, 6.07) is 2.16. The molecule has 0 radical (unpaired) electrons. The first-order valence-electron chi connectivity index (χ1n) is 3.93. The van der Waals surface area contributed by atoms with E-state index in [1.165, 1.54) is 13.1 Å². The van der Waals surface area contributed by atoms with Gasteiger partial charge in [0.1, 0.15) is 4.90 Å². The van der Waals surface area contributed by atoms with Crippen LogP contribution >= 0.6 is 26.6 Å². The first kappa shape index (κ1) is 13.4. The van der Waals surface area contributed by atoms with Crippen LogP contribution in [0.25, 0.3) is 0 Å². The van der Waals surface area contributed by atoms with Crippen LogP contribution < -0.4 is 5.32 Å². The molecule has 0 heterocycles. The van der Waals surface area contributed by atoms with Gasteiger partial charge in [-0.2, -0.15) is 0 Å². The Morgan fingerprint density at radius 1 is 1.50 bits per heavy atom. The molecule has 1 aromatic carbocycles. The van der Waals surface area contributed by atoms with Crippen LogP contribution in [0.3, 0.4) is 0 Å². The number of nitrogens with one attached hydrogen (secondary N) is 1. The van der Waals surface area contributed by atoms with Gasteiger partial charge in [0.05, 0.1) is 5.56 Å². The molecule has 16 heavy (non-hydrogen) atoms. The van der Waals surface area contributed by atoms with Crippen LogP contribution in [0.5, 0.6) is 0 Å². The number of carbonyl (C=O) groups excluding carboxylic acids is 1. The first-order chi connectivity index (χ1) is 7.27. The summed E-state index contributed by atoms with van der Waals surface area (Å²) in [6.07, 6.45) is 0. The summed E-state index contributed by atoms with van der Waals surface area (Å²) in [4.78, 5) is 10.5. The summed E-state index contributed by atoms with van der Waals surface area (Å²) in [5.74, 6) is -1.90. The Hall–Kier alpha value is -0.660. The van der Waals surface area contributed by atoms with Crippen LogP contribution in [-0.2, 0) is 9.05 Å². The van der Waals surface area contributed by atoms with Crippen molar-refractivity contribution in [2.75, 3.05) is 7.05 Å². The summed E-state index contributed by atoms with van der Waals surface area (Å²) >= 11 is 2.97. The second-order valence-electron chi connectivity index (χ2n) is 2.78. The minimum Gasteiger partial charge on any atom is -0.355 e. The molecule has 4 nitrogen and oxygen atoms in total. The fraction of sp³-hybridized carbons (Fsp3) is 0.125. The van der Waals surface area contributed by atoms with Crippen LogP contribution in [-0.4, -0.2) is 21.4 Å². The summed E-state index contributed by atoms with van der Waals surface area (Å²) < 4.78 is 36.0. The maximum atomic E-state index is 13.6. The summed E-state index contributed by atoms with van der Waals surface area (Å²) in [7, 11) is 2.11. The van der Waals surface area contributed by atoms with Crippen LogP contribution in [0.1, 0.15) is 10.4 Å². The molecular formula is C8H6BrClFNO3S. The van der Waals surface area contributed by atoms with Crippen molar-refractivity contribution >= 4 is 41.6 Å². The van der Waals surface area contributed by atoms with Crippen molar-refractivity contribution in [2.24, 2.45) is 0 Å². The molecule has 88 valence electrons. The molecule has 0 fully saturated rings. The third kappa shape index (κ3) is 2.72. The number of hydrogen-bond acceptors (Lipinski definition) is 3. The van der Waals surface area contributed by atoms with Crippen molar-refractivity contribution in [3.63, 3.8) is 0 Å². The van der Waals surface area contributed by atoms with Gasteiger partial charge < -0.3 is 5.32 Å². The van der Waals surface area contributed by atoms with E-state index in [1.54, 1.807) is 0 Å². The maximum absolute atomic E-state index is 13.6. The quantitative estimate of drug-likeness (QED) is 0.842. The van der Waals surface area contributed by atoms with Gasteiger partial charge in [-0.05, 0) is 12.1 Å². The Kier molecular flexibility index (Phi) is 3.92. The lowest BCUT2D eigenvalue weighted by molar-refractivity contribution is 0.0958. The predicted molar refractivity (Wildman–Crippen MR) is 60.5 cm³/mol. The second kappa shape index (κ2) is 4.68. The van der Waals surface area contributed by atoms with Crippen molar-refractivity contribution in [3.05, 3.63) is 28.0 Å². The zero-order valence-electron chi connectivity index (χ0n) is 7.92. The van der Waals surface area contributed by atoms with E-state index in [0.717, 1.165) is 6.07 Å². The average molecular weight is 331 g/mol. The van der Waals surface area contributed by atoms with Gasteiger partial charge in [-0.1, -0.05) is 15.9 Å². The number of halogens is 3. The minimum atomic E-state index is -4.23. The third-order valence-corrected chi connectivity index (χ3v) is 3.52. The van der Waals surface area contributed by atoms with E-state index in [-0.39, 0.29) is 4.47 Å². The van der Waals surface area contributed by atoms with E-state index in [0.29, 0.717) is 0 Å². The number of hydrogen-bond donors (Lipinski definition) is 1. The summed E-state index contributed by atoms with van der Waals surface area (Å²) in [5.41, 5.74) is -0.393. The molecule has 1 rings (SSSR count). The van der Waals surface area contributed by atoms with E-state index >= 15 is 0 Å². The third-order valence-electron chi connectivity index (χ3n) is 1.74. The fourth-order valence-corrected chi connectivity index (χ4v) is 2.58. The lowest BCUT2D eigenvalue weighted by atomic mass is 10.2. The lowest BCUT2D eigenvalue weighted by Crippen LogP contribution is -2.20. The predicted octanol–water partition coefficient (Wildman–Crippen LogP) is 1.88. The zero-order chi connectivity index (χ0) is 12.5. The Bertz CT molecular complexity index is 546. The van der Waals surface area contributed by atoms with E-state index in [9.17, 15) is 17.6 Å². The molecule has 0 spiro atoms. The molecule has 0 aromatic heterocycles. The minimum absolute atomic E-state index is 0.242. The summed E-state index contributed by atoms with van der Waals surface area (Å²) in [5, 5.41) is 2.19. The molecule has 0 aliphatic heterocycles. The molecule has 0 atom stereocenters. The van der Waals surface area contributed by atoms with Gasteiger partial charge in [-0.25, -0.2) is 12.8 Å². The van der Waals surface area contributed by atoms with Gasteiger partial charge in [0.15, 0.2) is 5.82 Å². The monoisotopic (exact) mass is 329 g/mol. The van der Waals surface area contributed by atoms with Crippen LogP contribution in [0.2, 0.25) is 0 Å². The topological polar surface area (TPSA) is 63.2 Å². The molecule has 1 amide bonds. The summed E-state index contributed by atoms with van der Waals surface area (Å²) in [6.45, 7) is 0. The Morgan fingerprint density at radius 3 is 2.50 bits per heavy atom. The van der Waals surface area contributed by atoms with Crippen LogP contribution in [0.15, 0.2) is 21.5 Å². The largest absolute Gasteiger partial charge is 0.355 e. The zero-order valence-corrected chi connectivity index (χ0v) is 11.1. The van der Waals surface area contributed by atoms with E-state index in [4.69, 9.17) is 10.7 Å². The van der Waals surface area contributed by atoms with Gasteiger partial charge >= 0.3 is 0 Å². The van der Waals surface area contributed by atoms with E-state index in [2.05, 4.69) is 21.2 Å². The Balaban J connectivity index is 3.56. The van der Waals surface area contributed by atoms with Gasteiger partial charge in [0.25, 0.3) is 15.0 Å². The SMILES string of the molecule is CNC(=O)c1cc(Br)cc(S(=O)(=O)Cl)c1F. The molecule has 0 aliphatic carbocycles. The molecule has 8 heteroatoms. The van der Waals surface area contributed by atoms with Gasteiger partial charge in [0.2, 0.25) is 0 Å². The molecule has 0 unspecified atom stereocenters. The van der Waals surface area contributed by atoms with Crippen molar-refractivity contribution in [1.29, 1.82) is 0 Å². The van der Waals surface area contributed by atoms with Gasteiger partial charge in [-0.3, -0.25) is 4.79 Å². The first-order valence-corrected chi connectivity index (χ1v) is 7.03. The van der Waals surface area contributed by atoms with Gasteiger partial charge in [0, 0.05) is 22.2 Å². The Labute approximate surface area is 104 Å². The molecule has 0 aliphatic rings. The normalized spacial score (nSPS) is 11.2. The number of benzene rings is 1. The lowest BCUT2D eigenvalue weighted by Gasteiger charge is -2.06. The van der Waals surface area contributed by atoms with Crippen molar-refractivity contribution < 1.29 is 17.6 Å². The average Bonchev–Trinajstić information content (AvgIpc) is 2.18. The molecular weight excluding hydrogens is 325 g/mol. The Morgan fingerprint density at radius 2 is 2.06 bits per heavy atom. The van der Waals surface area contributed by atoms with Crippen molar-refractivity contribution in [3.8, 4) is 0 Å². The standard InChI is InChI=1S/C8H6BrClFNO3S/c1-12-8(13)5-2-4(9)3-6(7(5)11)16(10,14)15/h2-3H,1H3,(H,12,13). The molecule has 0 saturated carbocycles. The fourth-order valence-electron chi connectivity index (χ4n) is 1.04. The maximum Gasteiger partial charge on any atom is 0.264 e. The number of carbonyl (C=O) groups is 1. The molecule has 0 bridgehead atoms. The highest BCUT2D eigenvalue weighted by atomic mass is 79.9. The molecule has 0 saturated heterocycles. The van der Waals surface area contributed by atoms with Crippen LogP contribution in [0.4, 0.5) is 4.39 Å². The number of rotatable bonds is 2. The van der Waals surface area contributed by atoms with E-state index < -0.39 is 31.2 Å². The van der Waals surface area contributed by atoms with Gasteiger partial charge in [-0.15, -0.1) is 0 Å². The molecule has 1 aromatic rings. The second-order valence-corrected chi connectivity index (χ2v) is 6.23. The number of amides is 1. The highest BCUT2D eigenvalue weighted by molar-refractivity contribution is 9.10. The van der Waals surface area contributed by atoms with Crippen LogP contribution in [0, 0.1) is 5.82 Å². The van der Waals surface area contributed by atoms with Crippen molar-refractivity contribution in [1.82, 2.24) is 5.32 Å². The smallest absolute Gasteiger partial charge is 0.264 e. The van der Waals surface area contributed by atoms with E-state index in [1.807, 2.05) is 0 Å². The highest BCUT2D eigenvalue weighted by Crippen LogP contribution is 2.26.